The maximum Gasteiger partial charge on any atom is 0.424 e. The van der Waals surface area contributed by atoms with Crippen LogP contribution in [-0.2, 0) is 4.74 Å². The molecule has 0 radical (unpaired) electrons. The van der Waals surface area contributed by atoms with Crippen molar-refractivity contribution in [1.29, 1.82) is 0 Å². The van der Waals surface area contributed by atoms with Crippen molar-refractivity contribution in [2.45, 2.75) is 57.7 Å². The molecule has 1 aliphatic carbocycles. The number of ether oxygens (including phenoxy) is 1. The molecule has 1 saturated carbocycles. The molecule has 1 unspecified atom stereocenters. The molecule has 1 atom stereocenters. The van der Waals surface area contributed by atoms with Crippen molar-refractivity contribution in [3.8, 4) is 0 Å². The highest BCUT2D eigenvalue weighted by atomic mass is 35.5. The van der Waals surface area contributed by atoms with Gasteiger partial charge in [-0.1, -0.05) is 11.6 Å². The fourth-order valence-corrected chi connectivity index (χ4v) is 4.43. The number of benzene rings is 1. The number of nitrogens with one attached hydrogen (secondary N) is 2. The minimum atomic E-state index is -1.61. The standard InChI is InChI=1S/C21H25ClFN5O6/c1-21(2,3)34-19(32)24-10-6-7-26(9-10)16-13(22)8-12-15(14(16)23)27(11-4-5-11)20(33)28(17(12)29)25-18(30)31/h8,10-11,25H,4-7,9H2,1-3H3,(H,24,32)(H,30,31). The first kappa shape index (κ1) is 23.9. The Balaban J connectivity index is 1.74. The molecule has 2 amide bonds. The highest BCUT2D eigenvalue weighted by molar-refractivity contribution is 6.34. The Bertz CT molecular complexity index is 1300. The lowest BCUT2D eigenvalue weighted by Crippen LogP contribution is -2.46. The van der Waals surface area contributed by atoms with E-state index in [0.717, 1.165) is 4.57 Å². The quantitative estimate of drug-likeness (QED) is 0.591. The molecule has 0 spiro atoms. The Kier molecular flexibility index (Phi) is 5.96. The number of hydrogen-bond acceptors (Lipinski definition) is 6. The van der Waals surface area contributed by atoms with Crippen LogP contribution in [0.5, 0.6) is 0 Å². The fraction of sp³-hybridized carbons (Fsp3) is 0.524. The van der Waals surface area contributed by atoms with Crippen LogP contribution in [0.15, 0.2) is 15.7 Å². The molecular weight excluding hydrogens is 473 g/mol. The highest BCUT2D eigenvalue weighted by Gasteiger charge is 2.34. The summed E-state index contributed by atoms with van der Waals surface area (Å²) in [5.41, 5.74) is -1.09. The van der Waals surface area contributed by atoms with Crippen LogP contribution in [0.25, 0.3) is 10.9 Å². The van der Waals surface area contributed by atoms with Gasteiger partial charge in [0.05, 0.1) is 27.7 Å². The molecule has 3 N–H and O–H groups in total. The Morgan fingerprint density at radius 1 is 1.24 bits per heavy atom. The number of halogens is 2. The number of alkyl carbamates (subject to hydrolysis) is 1. The molecule has 1 saturated heterocycles. The molecule has 2 fully saturated rings. The third-order valence-electron chi connectivity index (χ3n) is 5.58. The summed E-state index contributed by atoms with van der Waals surface area (Å²) < 4.78 is 22.6. The van der Waals surface area contributed by atoms with Crippen molar-refractivity contribution < 1.29 is 23.8 Å². The SMILES string of the molecule is CC(C)(C)OC(=O)NC1CCN(c2c(Cl)cc3c(=O)n(NC(=O)O)c(=O)n(C4CC4)c3c2F)C1. The van der Waals surface area contributed by atoms with Crippen molar-refractivity contribution >= 4 is 40.4 Å². The van der Waals surface area contributed by atoms with E-state index in [9.17, 15) is 19.2 Å². The molecule has 2 aliphatic rings. The zero-order chi connectivity index (χ0) is 24.9. The second kappa shape index (κ2) is 8.49. The number of hydrogen-bond donors (Lipinski definition) is 3. The van der Waals surface area contributed by atoms with E-state index < -0.39 is 34.9 Å². The third-order valence-corrected chi connectivity index (χ3v) is 5.87. The Morgan fingerprint density at radius 3 is 2.50 bits per heavy atom. The Morgan fingerprint density at radius 2 is 1.91 bits per heavy atom. The first-order valence-corrected chi connectivity index (χ1v) is 11.2. The van der Waals surface area contributed by atoms with Gasteiger partial charge in [-0.25, -0.2) is 24.2 Å². The maximum absolute atomic E-state index is 15.9. The summed E-state index contributed by atoms with van der Waals surface area (Å²) in [5, 5.41) is 11.5. The zero-order valence-corrected chi connectivity index (χ0v) is 19.6. The van der Waals surface area contributed by atoms with Crippen molar-refractivity contribution in [2.75, 3.05) is 23.4 Å². The molecule has 2 aromatic rings. The van der Waals surface area contributed by atoms with Gasteiger partial charge in [-0.2, -0.15) is 4.68 Å². The number of amides is 2. The van der Waals surface area contributed by atoms with Crippen LogP contribution in [-0.4, -0.2) is 51.3 Å². The van der Waals surface area contributed by atoms with E-state index in [1.54, 1.807) is 31.1 Å². The molecule has 2 heterocycles. The van der Waals surface area contributed by atoms with E-state index >= 15 is 4.39 Å². The number of anilines is 1. The molecular formula is C21H25ClFN5O6. The smallest absolute Gasteiger partial charge is 0.424 e. The summed E-state index contributed by atoms with van der Waals surface area (Å²) in [6, 6.07) is 0.561. The van der Waals surface area contributed by atoms with Gasteiger partial charge in [0.2, 0.25) is 0 Å². The topological polar surface area (TPSA) is 135 Å². The molecule has 4 rings (SSSR count). The maximum atomic E-state index is 15.9. The van der Waals surface area contributed by atoms with Gasteiger partial charge in [0.15, 0.2) is 5.82 Å². The van der Waals surface area contributed by atoms with Gasteiger partial charge in [0.25, 0.3) is 5.56 Å². The zero-order valence-electron chi connectivity index (χ0n) is 18.9. The summed E-state index contributed by atoms with van der Waals surface area (Å²) in [6.07, 6.45) is -0.512. The number of fused-ring (bicyclic) bond motifs is 1. The average molecular weight is 498 g/mol. The number of carboxylic acid groups (broad SMARTS) is 1. The molecule has 34 heavy (non-hydrogen) atoms. The van der Waals surface area contributed by atoms with Gasteiger partial charge < -0.3 is 20.1 Å². The van der Waals surface area contributed by atoms with E-state index in [4.69, 9.17) is 21.4 Å². The van der Waals surface area contributed by atoms with Crippen LogP contribution in [0.2, 0.25) is 5.02 Å². The van der Waals surface area contributed by atoms with Gasteiger partial charge >= 0.3 is 17.9 Å². The summed E-state index contributed by atoms with van der Waals surface area (Å²) in [4.78, 5) is 50.6. The van der Waals surface area contributed by atoms with E-state index in [1.165, 1.54) is 6.07 Å². The predicted octanol–water partition coefficient (Wildman–Crippen LogP) is 2.62. The minimum absolute atomic E-state index is 0.0137. The van der Waals surface area contributed by atoms with E-state index in [-0.39, 0.29) is 40.2 Å². The summed E-state index contributed by atoms with van der Waals surface area (Å²) in [6.45, 7) is 5.85. The van der Waals surface area contributed by atoms with Crippen molar-refractivity contribution in [2.24, 2.45) is 0 Å². The Hall–Kier alpha value is -3.28. The number of nitrogens with zero attached hydrogens (tertiary/aromatic N) is 3. The minimum Gasteiger partial charge on any atom is -0.464 e. The lowest BCUT2D eigenvalue weighted by atomic mass is 10.2. The average Bonchev–Trinajstić information content (AvgIpc) is 3.44. The lowest BCUT2D eigenvalue weighted by Gasteiger charge is -2.24. The molecule has 184 valence electrons. The van der Waals surface area contributed by atoms with Gasteiger partial charge in [0, 0.05) is 19.1 Å². The van der Waals surface area contributed by atoms with E-state index in [1.807, 2.05) is 0 Å². The van der Waals surface area contributed by atoms with E-state index in [2.05, 4.69) is 5.32 Å². The molecule has 1 aliphatic heterocycles. The first-order chi connectivity index (χ1) is 15.9. The molecule has 11 nitrogen and oxygen atoms in total. The first-order valence-electron chi connectivity index (χ1n) is 10.8. The van der Waals surface area contributed by atoms with Gasteiger partial charge in [-0.05, 0) is 46.1 Å². The molecule has 1 aromatic heterocycles. The fourth-order valence-electron chi connectivity index (χ4n) is 4.12. The molecule has 0 bridgehead atoms. The van der Waals surface area contributed by atoms with Gasteiger partial charge in [-0.3, -0.25) is 9.36 Å². The van der Waals surface area contributed by atoms with Crippen LogP contribution in [0.1, 0.15) is 46.1 Å². The Labute approximate surface area is 198 Å². The van der Waals surface area contributed by atoms with Crippen LogP contribution in [0, 0.1) is 5.82 Å². The van der Waals surface area contributed by atoms with Crippen LogP contribution in [0.3, 0.4) is 0 Å². The number of rotatable bonds is 4. The van der Waals surface area contributed by atoms with Crippen molar-refractivity contribution in [1.82, 2.24) is 14.6 Å². The second-order valence-corrected chi connectivity index (χ2v) is 9.84. The van der Waals surface area contributed by atoms with Crippen molar-refractivity contribution in [3.63, 3.8) is 0 Å². The monoisotopic (exact) mass is 497 g/mol. The summed E-state index contributed by atoms with van der Waals surface area (Å²) >= 11 is 6.38. The number of carbonyl (C=O) groups excluding carboxylic acids is 1. The number of carbonyl (C=O) groups is 2. The van der Waals surface area contributed by atoms with Crippen molar-refractivity contribution in [3.05, 3.63) is 37.7 Å². The lowest BCUT2D eigenvalue weighted by molar-refractivity contribution is 0.0509. The number of aromatic nitrogens is 2. The normalized spacial score (nSPS) is 18.3. The molecule has 13 heteroatoms. The van der Waals surface area contributed by atoms with Crippen LogP contribution < -0.4 is 26.9 Å². The van der Waals surface area contributed by atoms with E-state index in [0.29, 0.717) is 30.5 Å². The second-order valence-electron chi connectivity index (χ2n) is 9.44. The van der Waals surface area contributed by atoms with Crippen LogP contribution in [0.4, 0.5) is 19.7 Å². The largest absolute Gasteiger partial charge is 0.464 e. The summed E-state index contributed by atoms with van der Waals surface area (Å²) in [7, 11) is 0. The predicted molar refractivity (Wildman–Crippen MR) is 123 cm³/mol. The van der Waals surface area contributed by atoms with Gasteiger partial charge in [-0.15, -0.1) is 0 Å². The third kappa shape index (κ3) is 4.54. The summed E-state index contributed by atoms with van der Waals surface area (Å²) in [5.74, 6) is -0.844. The van der Waals surface area contributed by atoms with Crippen LogP contribution >= 0.6 is 11.6 Å². The van der Waals surface area contributed by atoms with Gasteiger partial charge in [0.1, 0.15) is 5.60 Å². The highest BCUT2D eigenvalue weighted by Crippen LogP contribution is 2.40. The molecule has 1 aromatic carbocycles.